The number of hydrogen-bond donors (Lipinski definition) is 0. The molecular weight excluding hydrogens is 120 g/mol. The van der Waals surface area contributed by atoms with E-state index >= 15 is 0 Å². The van der Waals surface area contributed by atoms with Crippen molar-refractivity contribution in [3.63, 3.8) is 0 Å². The maximum absolute atomic E-state index is 4.00. The lowest BCUT2D eigenvalue weighted by atomic mass is 10.2. The van der Waals surface area contributed by atoms with Gasteiger partial charge in [0.25, 0.3) is 0 Å². The van der Waals surface area contributed by atoms with E-state index in [-0.39, 0.29) is 0 Å². The summed E-state index contributed by atoms with van der Waals surface area (Å²) in [5.74, 6) is 0. The van der Waals surface area contributed by atoms with Gasteiger partial charge in [-0.15, -0.1) is 12.8 Å². The minimum absolute atomic E-state index is 1.33. The number of hydrogen-bond acceptors (Lipinski definition) is 0. The molecule has 0 unspecified atom stereocenters. The van der Waals surface area contributed by atoms with Gasteiger partial charge in [0, 0.05) is 0 Å². The molecule has 0 aromatic heterocycles. The van der Waals surface area contributed by atoms with E-state index in [4.69, 9.17) is 0 Å². The second-order valence-electron chi connectivity index (χ2n) is 2.15. The van der Waals surface area contributed by atoms with Gasteiger partial charge in [0.05, 0.1) is 0 Å². The van der Waals surface area contributed by atoms with Crippen LogP contribution in [0.5, 0.6) is 0 Å². The molecule has 0 amide bonds. The first-order valence-electron chi connectivity index (χ1n) is 3.15. The van der Waals surface area contributed by atoms with Crippen molar-refractivity contribution in [1.82, 2.24) is 0 Å². The van der Waals surface area contributed by atoms with E-state index in [1.54, 1.807) is 0 Å². The minimum atomic E-state index is 1.33. The van der Waals surface area contributed by atoms with Gasteiger partial charge in [-0.1, -0.05) is 35.4 Å². The zero-order chi connectivity index (χ0) is 7.98. The first-order chi connectivity index (χ1) is 4.79. The number of terminal acetylenes is 1. The average molecular weight is 132 g/mol. The summed E-state index contributed by atoms with van der Waals surface area (Å²) in [6, 6.07) is 8.48. The molecule has 0 N–H and O–H groups in total. The van der Waals surface area contributed by atoms with E-state index in [0.29, 0.717) is 0 Å². The van der Waals surface area contributed by atoms with Crippen molar-refractivity contribution in [3.8, 4) is 12.8 Å². The Morgan fingerprint density at radius 2 is 1.00 bits per heavy atom. The van der Waals surface area contributed by atoms with Crippen LogP contribution in [0.3, 0.4) is 0 Å². The summed E-state index contributed by atoms with van der Waals surface area (Å²) < 4.78 is 0. The Balaban J connectivity index is 0.000000371. The Kier molecular flexibility index (Phi) is 4.07. The highest BCUT2D eigenvalue weighted by Crippen LogP contribution is 1.99. The second kappa shape index (κ2) is 4.64. The number of rotatable bonds is 0. The van der Waals surface area contributed by atoms with Crippen molar-refractivity contribution < 1.29 is 0 Å². The maximum atomic E-state index is 4.00. The third-order valence-electron chi connectivity index (χ3n) is 1.22. The molecule has 0 spiro atoms. The monoisotopic (exact) mass is 132 g/mol. The Bertz CT molecular complexity index is 170. The van der Waals surface area contributed by atoms with Gasteiger partial charge in [-0.05, 0) is 13.8 Å². The van der Waals surface area contributed by atoms with E-state index in [9.17, 15) is 0 Å². The summed E-state index contributed by atoms with van der Waals surface area (Å²) in [4.78, 5) is 0. The zero-order valence-corrected chi connectivity index (χ0v) is 6.46. The van der Waals surface area contributed by atoms with Crippen molar-refractivity contribution in [1.29, 1.82) is 0 Å². The molecule has 0 bridgehead atoms. The van der Waals surface area contributed by atoms with Gasteiger partial charge in [0.2, 0.25) is 0 Å². The van der Waals surface area contributed by atoms with Crippen molar-refractivity contribution in [2.45, 2.75) is 13.8 Å². The number of aryl methyl sites for hydroxylation is 2. The highest BCUT2D eigenvalue weighted by molar-refractivity contribution is 5.19. The van der Waals surface area contributed by atoms with E-state index in [1.165, 1.54) is 11.1 Å². The fourth-order valence-electron chi connectivity index (χ4n) is 0.637. The van der Waals surface area contributed by atoms with Crippen LogP contribution in [0.4, 0.5) is 0 Å². The van der Waals surface area contributed by atoms with Crippen LogP contribution in [0, 0.1) is 26.7 Å². The molecule has 0 heteroatoms. The van der Waals surface area contributed by atoms with Crippen LogP contribution in [-0.4, -0.2) is 0 Å². The fourth-order valence-corrected chi connectivity index (χ4v) is 0.637. The van der Waals surface area contributed by atoms with Crippen LogP contribution in [0.15, 0.2) is 24.3 Å². The summed E-state index contributed by atoms with van der Waals surface area (Å²) in [6.45, 7) is 4.19. The summed E-state index contributed by atoms with van der Waals surface area (Å²) in [5.41, 5.74) is 2.66. The standard InChI is InChI=1S/C8H10.C2H2/c1-7-3-5-8(2)6-4-7;1-2/h3-6H,1-2H3;1-2H. The quantitative estimate of drug-likeness (QED) is 0.476. The molecule has 0 aliphatic carbocycles. The first-order valence-corrected chi connectivity index (χ1v) is 3.15. The van der Waals surface area contributed by atoms with Gasteiger partial charge in [-0.25, -0.2) is 0 Å². The van der Waals surface area contributed by atoms with Gasteiger partial charge in [0.1, 0.15) is 0 Å². The molecule has 1 rings (SSSR count). The Morgan fingerprint density at radius 1 is 0.800 bits per heavy atom. The third kappa shape index (κ3) is 2.94. The molecule has 0 fully saturated rings. The Hall–Kier alpha value is -1.22. The summed E-state index contributed by atoms with van der Waals surface area (Å²) in [5, 5.41) is 0. The molecule has 0 saturated heterocycles. The van der Waals surface area contributed by atoms with E-state index in [0.717, 1.165) is 0 Å². The Labute approximate surface area is 62.9 Å². The van der Waals surface area contributed by atoms with Crippen molar-refractivity contribution >= 4 is 0 Å². The molecular formula is C10H12. The molecule has 52 valence electrons. The van der Waals surface area contributed by atoms with Gasteiger partial charge in [-0.2, -0.15) is 0 Å². The largest absolute Gasteiger partial charge is 0.124 e. The molecule has 0 saturated carbocycles. The van der Waals surface area contributed by atoms with Crippen LogP contribution in [0.1, 0.15) is 11.1 Å². The molecule has 10 heavy (non-hydrogen) atoms. The lowest BCUT2D eigenvalue weighted by molar-refractivity contribution is 1.40. The summed E-state index contributed by atoms with van der Waals surface area (Å²) >= 11 is 0. The van der Waals surface area contributed by atoms with Crippen LogP contribution < -0.4 is 0 Å². The molecule has 0 aliphatic heterocycles. The molecule has 1 aromatic rings. The van der Waals surface area contributed by atoms with Crippen LogP contribution in [0.25, 0.3) is 0 Å². The highest BCUT2D eigenvalue weighted by Gasteiger charge is 1.79. The topological polar surface area (TPSA) is 0 Å². The molecule has 1 aromatic carbocycles. The highest BCUT2D eigenvalue weighted by atomic mass is 13.9. The van der Waals surface area contributed by atoms with Crippen molar-refractivity contribution in [3.05, 3.63) is 35.4 Å². The van der Waals surface area contributed by atoms with E-state index < -0.39 is 0 Å². The average Bonchev–Trinajstić information content (AvgIpc) is 2.00. The third-order valence-corrected chi connectivity index (χ3v) is 1.22. The summed E-state index contributed by atoms with van der Waals surface area (Å²) in [7, 11) is 0. The van der Waals surface area contributed by atoms with Gasteiger partial charge < -0.3 is 0 Å². The zero-order valence-electron chi connectivity index (χ0n) is 6.46. The fraction of sp³-hybridized carbons (Fsp3) is 0.200. The smallest absolute Gasteiger partial charge is 0.0398 e. The van der Waals surface area contributed by atoms with E-state index in [1.807, 2.05) is 0 Å². The summed E-state index contributed by atoms with van der Waals surface area (Å²) in [6.07, 6.45) is 8.00. The predicted octanol–water partition coefficient (Wildman–Crippen LogP) is 2.55. The van der Waals surface area contributed by atoms with Crippen LogP contribution in [-0.2, 0) is 0 Å². The number of benzene rings is 1. The molecule has 0 radical (unpaired) electrons. The van der Waals surface area contributed by atoms with Crippen LogP contribution >= 0.6 is 0 Å². The predicted molar refractivity (Wildman–Crippen MR) is 45.8 cm³/mol. The minimum Gasteiger partial charge on any atom is -0.124 e. The lowest BCUT2D eigenvalue weighted by Crippen LogP contribution is -1.70. The van der Waals surface area contributed by atoms with Gasteiger partial charge in [0.15, 0.2) is 0 Å². The lowest BCUT2D eigenvalue weighted by Gasteiger charge is -1.90. The van der Waals surface area contributed by atoms with Crippen molar-refractivity contribution in [2.24, 2.45) is 0 Å². The molecule has 0 nitrogen and oxygen atoms in total. The van der Waals surface area contributed by atoms with Crippen LogP contribution in [0.2, 0.25) is 0 Å². The van der Waals surface area contributed by atoms with E-state index in [2.05, 4.69) is 51.0 Å². The molecule has 0 atom stereocenters. The normalized spacial score (nSPS) is 7.60. The SMILES string of the molecule is C#C.Cc1ccc(C)cc1. The molecule has 0 heterocycles. The Morgan fingerprint density at radius 3 is 1.20 bits per heavy atom. The maximum Gasteiger partial charge on any atom is -0.0398 e. The van der Waals surface area contributed by atoms with Gasteiger partial charge >= 0.3 is 0 Å². The first kappa shape index (κ1) is 8.78. The molecule has 0 aliphatic rings. The second-order valence-corrected chi connectivity index (χ2v) is 2.15. The van der Waals surface area contributed by atoms with Crippen molar-refractivity contribution in [2.75, 3.05) is 0 Å². The van der Waals surface area contributed by atoms with Gasteiger partial charge in [-0.3, -0.25) is 0 Å².